The fourth-order valence-corrected chi connectivity index (χ4v) is 3.40. The van der Waals surface area contributed by atoms with Gasteiger partial charge in [-0.2, -0.15) is 0 Å². The number of hydrogen-bond acceptors (Lipinski definition) is 4. The number of H-pyrrole nitrogens is 1. The maximum Gasteiger partial charge on any atom is 0.251 e. The molecular formula is C19H21N3O4S. The number of aromatic amines is 1. The van der Waals surface area contributed by atoms with Crippen LogP contribution in [-0.4, -0.2) is 39.2 Å². The zero-order valence-corrected chi connectivity index (χ0v) is 15.9. The van der Waals surface area contributed by atoms with Gasteiger partial charge < -0.3 is 15.0 Å². The quantitative estimate of drug-likeness (QED) is 0.580. The Morgan fingerprint density at radius 2 is 2.00 bits per heavy atom. The number of hydrogen-bond donors (Lipinski definition) is 3. The summed E-state index contributed by atoms with van der Waals surface area (Å²) >= 11 is 0. The second kappa shape index (κ2) is 7.71. The Labute approximate surface area is 157 Å². The first kappa shape index (κ1) is 18.8. The first-order valence-corrected chi connectivity index (χ1v) is 10.2. The molecule has 0 atom stereocenters. The van der Waals surface area contributed by atoms with Crippen LogP contribution in [0.15, 0.2) is 48.7 Å². The van der Waals surface area contributed by atoms with Crippen LogP contribution in [0.5, 0.6) is 5.75 Å². The molecule has 0 fully saturated rings. The Hall–Kier alpha value is -3.00. The van der Waals surface area contributed by atoms with Crippen molar-refractivity contribution in [1.29, 1.82) is 0 Å². The third-order valence-electron chi connectivity index (χ3n) is 4.08. The van der Waals surface area contributed by atoms with Crippen molar-refractivity contribution in [2.24, 2.45) is 0 Å². The van der Waals surface area contributed by atoms with Gasteiger partial charge in [-0.05, 0) is 48.4 Å². The number of anilines is 1. The smallest absolute Gasteiger partial charge is 0.251 e. The topological polar surface area (TPSA) is 100 Å². The van der Waals surface area contributed by atoms with Gasteiger partial charge in [0.2, 0.25) is 10.0 Å². The number of rotatable bonds is 7. The van der Waals surface area contributed by atoms with Gasteiger partial charge in [0.05, 0.1) is 13.4 Å². The predicted octanol–water partition coefficient (Wildman–Crippen LogP) is 2.52. The molecule has 0 saturated heterocycles. The lowest BCUT2D eigenvalue weighted by atomic mass is 10.1. The van der Waals surface area contributed by atoms with Crippen molar-refractivity contribution in [2.75, 3.05) is 24.6 Å². The Morgan fingerprint density at radius 3 is 2.74 bits per heavy atom. The lowest BCUT2D eigenvalue weighted by molar-refractivity contribution is 0.0954. The first-order valence-electron chi connectivity index (χ1n) is 8.36. The minimum atomic E-state index is -3.39. The Bertz CT molecular complexity index is 1070. The Kier molecular flexibility index (Phi) is 5.36. The maximum atomic E-state index is 12.3. The third-order valence-corrected chi connectivity index (χ3v) is 4.69. The number of carbonyl (C=O) groups excluding carboxylic acids is 1. The highest BCUT2D eigenvalue weighted by Gasteiger charge is 2.09. The van der Waals surface area contributed by atoms with Crippen molar-refractivity contribution in [3.63, 3.8) is 0 Å². The second-order valence-corrected chi connectivity index (χ2v) is 7.93. The number of methoxy groups -OCH3 is 1. The van der Waals surface area contributed by atoms with Crippen LogP contribution >= 0.6 is 0 Å². The normalized spacial score (nSPS) is 11.3. The molecule has 0 aliphatic carbocycles. The molecule has 3 N–H and O–H groups in total. The molecule has 0 aliphatic heterocycles. The van der Waals surface area contributed by atoms with Crippen molar-refractivity contribution in [3.05, 3.63) is 59.8 Å². The fourth-order valence-electron chi connectivity index (χ4n) is 2.84. The van der Waals surface area contributed by atoms with E-state index in [1.807, 2.05) is 24.4 Å². The van der Waals surface area contributed by atoms with Gasteiger partial charge in [0.1, 0.15) is 5.75 Å². The lowest BCUT2D eigenvalue weighted by Crippen LogP contribution is -2.25. The van der Waals surface area contributed by atoms with Crippen LogP contribution in [-0.2, 0) is 16.4 Å². The van der Waals surface area contributed by atoms with Gasteiger partial charge in [-0.3, -0.25) is 9.52 Å². The van der Waals surface area contributed by atoms with Crippen molar-refractivity contribution in [1.82, 2.24) is 10.3 Å². The van der Waals surface area contributed by atoms with Crippen molar-refractivity contribution >= 4 is 32.5 Å². The summed E-state index contributed by atoms with van der Waals surface area (Å²) in [6.45, 7) is 0.451. The molecule has 27 heavy (non-hydrogen) atoms. The molecule has 0 unspecified atom stereocenters. The Balaban J connectivity index is 1.64. The van der Waals surface area contributed by atoms with Gasteiger partial charge in [-0.25, -0.2) is 8.42 Å². The summed E-state index contributed by atoms with van der Waals surface area (Å²) in [6, 6.07) is 12.2. The molecule has 0 spiro atoms. The molecule has 0 aliphatic rings. The van der Waals surface area contributed by atoms with Crippen LogP contribution in [0, 0.1) is 0 Å². The highest BCUT2D eigenvalue weighted by molar-refractivity contribution is 7.92. The molecule has 1 heterocycles. The fraction of sp³-hybridized carbons (Fsp3) is 0.211. The van der Waals surface area contributed by atoms with Crippen LogP contribution < -0.4 is 14.8 Å². The number of nitrogens with one attached hydrogen (secondary N) is 3. The zero-order chi connectivity index (χ0) is 19.4. The van der Waals surface area contributed by atoms with E-state index >= 15 is 0 Å². The highest BCUT2D eigenvalue weighted by Crippen LogP contribution is 2.23. The van der Waals surface area contributed by atoms with Gasteiger partial charge in [0, 0.05) is 34.9 Å². The van der Waals surface area contributed by atoms with Gasteiger partial charge in [-0.1, -0.05) is 6.07 Å². The highest BCUT2D eigenvalue weighted by atomic mass is 32.2. The predicted molar refractivity (Wildman–Crippen MR) is 106 cm³/mol. The second-order valence-electron chi connectivity index (χ2n) is 6.19. The number of fused-ring (bicyclic) bond motifs is 1. The van der Waals surface area contributed by atoms with Gasteiger partial charge >= 0.3 is 0 Å². The standard InChI is InChI=1S/C19H21N3O4S/c1-26-16-6-7-18-17(11-16)14(12-21-18)8-9-20-19(23)13-4-3-5-15(10-13)22-27(2,24)25/h3-7,10-12,21-22H,8-9H2,1-2H3,(H,20,23). The molecule has 0 saturated carbocycles. The van der Waals surface area contributed by atoms with Crippen LogP contribution in [0.4, 0.5) is 5.69 Å². The van der Waals surface area contributed by atoms with E-state index in [1.54, 1.807) is 25.3 Å². The van der Waals surface area contributed by atoms with E-state index in [2.05, 4.69) is 15.0 Å². The molecule has 8 heteroatoms. The summed E-state index contributed by atoms with van der Waals surface area (Å²) in [5.41, 5.74) is 2.84. The summed E-state index contributed by atoms with van der Waals surface area (Å²) in [5.74, 6) is 0.521. The van der Waals surface area contributed by atoms with Crippen LogP contribution in [0.3, 0.4) is 0 Å². The van der Waals surface area contributed by atoms with Crippen molar-refractivity contribution < 1.29 is 17.9 Å². The van der Waals surface area contributed by atoms with Crippen LogP contribution in [0.2, 0.25) is 0 Å². The number of carbonyl (C=O) groups is 1. The number of aromatic nitrogens is 1. The minimum Gasteiger partial charge on any atom is -0.497 e. The lowest BCUT2D eigenvalue weighted by Gasteiger charge is -2.08. The van der Waals surface area contributed by atoms with Crippen LogP contribution in [0.1, 0.15) is 15.9 Å². The molecule has 3 rings (SSSR count). The molecular weight excluding hydrogens is 366 g/mol. The molecule has 7 nitrogen and oxygen atoms in total. The maximum absolute atomic E-state index is 12.3. The molecule has 1 amide bonds. The van der Waals surface area contributed by atoms with E-state index in [9.17, 15) is 13.2 Å². The van der Waals surface area contributed by atoms with E-state index in [4.69, 9.17) is 4.74 Å². The average Bonchev–Trinajstić information content (AvgIpc) is 3.02. The molecule has 1 aromatic heterocycles. The summed E-state index contributed by atoms with van der Waals surface area (Å²) in [7, 11) is -1.76. The largest absolute Gasteiger partial charge is 0.497 e. The molecule has 3 aromatic rings. The first-order chi connectivity index (χ1) is 12.9. The SMILES string of the molecule is COc1ccc2[nH]cc(CCNC(=O)c3cccc(NS(C)(=O)=O)c3)c2c1. The number of ether oxygens (including phenoxy) is 1. The van der Waals surface area contributed by atoms with Gasteiger partial charge in [0.15, 0.2) is 0 Å². The summed E-state index contributed by atoms with van der Waals surface area (Å²) in [4.78, 5) is 15.5. The number of amides is 1. The van der Waals surface area contributed by atoms with Gasteiger partial charge in [-0.15, -0.1) is 0 Å². The summed E-state index contributed by atoms with van der Waals surface area (Å²) < 4.78 is 30.3. The zero-order valence-electron chi connectivity index (χ0n) is 15.1. The Morgan fingerprint density at radius 1 is 1.19 bits per heavy atom. The van der Waals surface area contributed by atoms with Crippen molar-refractivity contribution in [3.8, 4) is 5.75 Å². The summed E-state index contributed by atoms with van der Waals surface area (Å²) in [6.07, 6.45) is 3.64. The summed E-state index contributed by atoms with van der Waals surface area (Å²) in [5, 5.41) is 3.92. The van der Waals surface area contributed by atoms with E-state index < -0.39 is 10.0 Å². The molecule has 0 bridgehead atoms. The molecule has 0 radical (unpaired) electrons. The molecule has 2 aromatic carbocycles. The van der Waals surface area contributed by atoms with E-state index in [0.717, 1.165) is 28.5 Å². The third kappa shape index (κ3) is 4.79. The van der Waals surface area contributed by atoms with E-state index in [-0.39, 0.29) is 5.91 Å². The monoisotopic (exact) mass is 387 g/mol. The minimum absolute atomic E-state index is 0.260. The van der Waals surface area contributed by atoms with E-state index in [0.29, 0.717) is 24.2 Å². The molecule has 142 valence electrons. The van der Waals surface area contributed by atoms with Crippen LogP contribution in [0.25, 0.3) is 10.9 Å². The number of benzene rings is 2. The van der Waals surface area contributed by atoms with Crippen molar-refractivity contribution in [2.45, 2.75) is 6.42 Å². The van der Waals surface area contributed by atoms with E-state index in [1.165, 1.54) is 6.07 Å². The number of sulfonamides is 1. The van der Waals surface area contributed by atoms with Gasteiger partial charge in [0.25, 0.3) is 5.91 Å². The average molecular weight is 387 g/mol.